The average Bonchev–Trinajstić information content (AvgIpc) is 2.29. The highest BCUT2D eigenvalue weighted by Gasteiger charge is 2.12. The molecule has 17 heavy (non-hydrogen) atoms. The van der Waals surface area contributed by atoms with Crippen LogP contribution in [0.4, 0.5) is 0 Å². The van der Waals surface area contributed by atoms with Gasteiger partial charge in [-0.15, -0.1) is 0 Å². The van der Waals surface area contributed by atoms with Crippen molar-refractivity contribution in [1.29, 1.82) is 0 Å². The number of nitrogens with zero attached hydrogens (tertiary/aromatic N) is 1. The molecule has 0 bridgehead atoms. The van der Waals surface area contributed by atoms with Gasteiger partial charge in [-0.25, -0.2) is 4.98 Å². The summed E-state index contributed by atoms with van der Waals surface area (Å²) in [6.45, 7) is 6.40. The van der Waals surface area contributed by atoms with Crippen LogP contribution >= 0.6 is 15.9 Å². The Labute approximate surface area is 111 Å². The molecule has 0 fully saturated rings. The first-order valence-corrected chi connectivity index (χ1v) is 6.74. The first-order chi connectivity index (χ1) is 8.02. The number of halogens is 1. The van der Waals surface area contributed by atoms with E-state index in [2.05, 4.69) is 40.1 Å². The van der Waals surface area contributed by atoms with Gasteiger partial charge in [0.1, 0.15) is 4.60 Å². The normalized spacial score (nSPS) is 14.1. The summed E-state index contributed by atoms with van der Waals surface area (Å²) in [5, 5.41) is 2.99. The first kappa shape index (κ1) is 14.2. The lowest BCUT2D eigenvalue weighted by Crippen LogP contribution is -2.33. The van der Waals surface area contributed by atoms with Crippen molar-refractivity contribution in [1.82, 2.24) is 10.3 Å². The molecule has 3 nitrogen and oxygen atoms in total. The number of pyridine rings is 1. The fraction of sp³-hybridized carbons (Fsp3) is 0.538. The largest absolute Gasteiger partial charge is 0.350 e. The van der Waals surface area contributed by atoms with Gasteiger partial charge in [0.25, 0.3) is 5.91 Å². The molecule has 0 aliphatic carbocycles. The fourth-order valence-electron chi connectivity index (χ4n) is 1.65. The average molecular weight is 299 g/mol. The summed E-state index contributed by atoms with van der Waals surface area (Å²) in [4.78, 5) is 15.9. The van der Waals surface area contributed by atoms with Crippen molar-refractivity contribution >= 4 is 21.8 Å². The Balaban J connectivity index is 2.51. The molecular formula is C13H19BrN2O. The molecule has 1 heterocycles. The van der Waals surface area contributed by atoms with Crippen molar-refractivity contribution < 1.29 is 4.79 Å². The van der Waals surface area contributed by atoms with Crippen LogP contribution in [0.3, 0.4) is 0 Å². The Morgan fingerprint density at radius 3 is 2.71 bits per heavy atom. The molecule has 0 aliphatic heterocycles. The van der Waals surface area contributed by atoms with Gasteiger partial charge in [-0.2, -0.15) is 0 Å². The van der Waals surface area contributed by atoms with Gasteiger partial charge in [-0.3, -0.25) is 4.79 Å². The van der Waals surface area contributed by atoms with Crippen LogP contribution in [-0.2, 0) is 0 Å². The monoisotopic (exact) mass is 298 g/mol. The number of nitrogens with one attached hydrogen (secondary N) is 1. The molecule has 2 atom stereocenters. The van der Waals surface area contributed by atoms with Crippen molar-refractivity contribution in [3.8, 4) is 0 Å². The highest BCUT2D eigenvalue weighted by atomic mass is 79.9. The quantitative estimate of drug-likeness (QED) is 0.847. The summed E-state index contributed by atoms with van der Waals surface area (Å²) in [5.41, 5.74) is 0.601. The predicted octanol–water partition coefficient (Wildman–Crippen LogP) is 3.40. The van der Waals surface area contributed by atoms with Crippen molar-refractivity contribution in [3.63, 3.8) is 0 Å². The van der Waals surface area contributed by atoms with E-state index in [1.807, 2.05) is 6.92 Å². The summed E-state index contributed by atoms with van der Waals surface area (Å²) in [7, 11) is 0. The summed E-state index contributed by atoms with van der Waals surface area (Å²) in [6, 6.07) is 3.73. The van der Waals surface area contributed by atoms with Crippen molar-refractivity contribution in [3.05, 3.63) is 28.5 Å². The fourth-order valence-corrected chi connectivity index (χ4v) is 1.88. The molecule has 94 valence electrons. The van der Waals surface area contributed by atoms with Crippen molar-refractivity contribution in [2.45, 2.75) is 39.7 Å². The zero-order valence-corrected chi connectivity index (χ0v) is 12.1. The van der Waals surface area contributed by atoms with E-state index in [-0.39, 0.29) is 11.9 Å². The molecule has 1 N–H and O–H groups in total. The van der Waals surface area contributed by atoms with Gasteiger partial charge in [-0.1, -0.05) is 20.3 Å². The van der Waals surface area contributed by atoms with Gasteiger partial charge in [0, 0.05) is 12.2 Å². The number of hydrogen-bond donors (Lipinski definition) is 1. The van der Waals surface area contributed by atoms with Gasteiger partial charge in [0.15, 0.2) is 0 Å². The second-order valence-electron chi connectivity index (χ2n) is 4.49. The molecule has 2 unspecified atom stereocenters. The molecule has 1 amide bonds. The third-order valence-electron chi connectivity index (χ3n) is 2.82. The summed E-state index contributed by atoms with van der Waals surface area (Å²) < 4.78 is 0.738. The van der Waals surface area contributed by atoms with E-state index in [0.717, 1.165) is 17.4 Å². The summed E-state index contributed by atoms with van der Waals surface area (Å²) in [6.07, 6.45) is 3.72. The number of carbonyl (C=O) groups is 1. The molecule has 1 rings (SSSR count). The molecular weight excluding hydrogens is 280 g/mol. The van der Waals surface area contributed by atoms with E-state index in [9.17, 15) is 4.79 Å². The molecule has 0 aliphatic rings. The molecule has 1 aromatic rings. The first-order valence-electron chi connectivity index (χ1n) is 5.95. The molecule has 0 radical (unpaired) electrons. The molecule has 0 spiro atoms. The Hall–Kier alpha value is -0.900. The van der Waals surface area contributed by atoms with E-state index in [0.29, 0.717) is 11.5 Å². The van der Waals surface area contributed by atoms with Crippen LogP contribution in [0.1, 0.15) is 44.0 Å². The maximum atomic E-state index is 11.9. The lowest BCUT2D eigenvalue weighted by Gasteiger charge is -2.17. The SMILES string of the molecule is CCC(C)CC(C)NC(=O)c1ccc(Br)nc1. The lowest BCUT2D eigenvalue weighted by atomic mass is 10.0. The maximum Gasteiger partial charge on any atom is 0.253 e. The topological polar surface area (TPSA) is 42.0 Å². The van der Waals surface area contributed by atoms with E-state index in [4.69, 9.17) is 0 Å². The third kappa shape index (κ3) is 4.86. The van der Waals surface area contributed by atoms with Gasteiger partial charge in [0.2, 0.25) is 0 Å². The lowest BCUT2D eigenvalue weighted by molar-refractivity contribution is 0.0935. The zero-order chi connectivity index (χ0) is 12.8. The number of hydrogen-bond acceptors (Lipinski definition) is 2. The Bertz CT molecular complexity index is 364. The highest BCUT2D eigenvalue weighted by molar-refractivity contribution is 9.10. The smallest absolute Gasteiger partial charge is 0.253 e. The second kappa shape index (κ2) is 6.74. The van der Waals surface area contributed by atoms with Gasteiger partial charge >= 0.3 is 0 Å². The van der Waals surface area contributed by atoms with Gasteiger partial charge in [-0.05, 0) is 47.3 Å². The Morgan fingerprint density at radius 1 is 1.47 bits per heavy atom. The second-order valence-corrected chi connectivity index (χ2v) is 5.31. The molecule has 0 saturated heterocycles. The van der Waals surface area contributed by atoms with Gasteiger partial charge in [0.05, 0.1) is 5.56 Å². The molecule has 1 aromatic heterocycles. The van der Waals surface area contributed by atoms with Crippen LogP contribution in [0.25, 0.3) is 0 Å². The van der Waals surface area contributed by atoms with Crippen molar-refractivity contribution in [2.24, 2.45) is 5.92 Å². The highest BCUT2D eigenvalue weighted by Crippen LogP contribution is 2.11. The van der Waals surface area contributed by atoms with Crippen LogP contribution in [0.2, 0.25) is 0 Å². The summed E-state index contributed by atoms with van der Waals surface area (Å²) in [5.74, 6) is 0.578. The zero-order valence-electron chi connectivity index (χ0n) is 10.5. The maximum absolute atomic E-state index is 11.9. The Kier molecular flexibility index (Phi) is 5.62. The van der Waals surface area contributed by atoms with E-state index in [1.54, 1.807) is 18.3 Å². The minimum Gasteiger partial charge on any atom is -0.350 e. The van der Waals surface area contributed by atoms with Gasteiger partial charge < -0.3 is 5.32 Å². The van der Waals surface area contributed by atoms with E-state index < -0.39 is 0 Å². The number of aromatic nitrogens is 1. The predicted molar refractivity (Wildman–Crippen MR) is 72.9 cm³/mol. The Morgan fingerprint density at radius 2 is 2.18 bits per heavy atom. The van der Waals surface area contributed by atoms with Crippen LogP contribution in [0.15, 0.2) is 22.9 Å². The van der Waals surface area contributed by atoms with E-state index in [1.165, 1.54) is 0 Å². The number of amides is 1. The van der Waals surface area contributed by atoms with E-state index >= 15 is 0 Å². The van der Waals surface area contributed by atoms with Crippen LogP contribution < -0.4 is 5.32 Å². The summed E-state index contributed by atoms with van der Waals surface area (Å²) >= 11 is 3.24. The minimum absolute atomic E-state index is 0.0548. The standard InChI is InChI=1S/C13H19BrN2O/c1-4-9(2)7-10(3)16-13(17)11-5-6-12(14)15-8-11/h5-6,8-10H,4,7H2,1-3H3,(H,16,17). The molecule has 0 aromatic carbocycles. The molecule has 4 heteroatoms. The molecule has 0 saturated carbocycles. The van der Waals surface area contributed by atoms with Crippen LogP contribution in [0.5, 0.6) is 0 Å². The van der Waals surface area contributed by atoms with Crippen LogP contribution in [-0.4, -0.2) is 16.9 Å². The number of rotatable bonds is 5. The van der Waals surface area contributed by atoms with Crippen molar-refractivity contribution in [2.75, 3.05) is 0 Å². The third-order valence-corrected chi connectivity index (χ3v) is 3.29. The minimum atomic E-state index is -0.0548. The number of carbonyl (C=O) groups excluding carboxylic acids is 1. The van der Waals surface area contributed by atoms with Crippen LogP contribution in [0, 0.1) is 5.92 Å².